The van der Waals surface area contributed by atoms with Gasteiger partial charge in [-0.2, -0.15) is 0 Å². The molecule has 2 heterocycles. The number of fused-ring (bicyclic) bond motifs is 2. The van der Waals surface area contributed by atoms with Crippen LogP contribution < -0.4 is 10.1 Å². The maximum absolute atomic E-state index is 12.5. The third-order valence-electron chi connectivity index (χ3n) is 5.51. The van der Waals surface area contributed by atoms with E-state index in [1.54, 1.807) is 6.07 Å². The summed E-state index contributed by atoms with van der Waals surface area (Å²) in [6, 6.07) is 13.3. The van der Waals surface area contributed by atoms with Gasteiger partial charge in [0.25, 0.3) is 0 Å². The lowest BCUT2D eigenvalue weighted by Gasteiger charge is -2.38. The van der Waals surface area contributed by atoms with Crippen LogP contribution in [0, 0.1) is 5.92 Å². The molecule has 0 amide bonds. The third kappa shape index (κ3) is 4.16. The first-order valence-corrected chi connectivity index (χ1v) is 10.8. The molecule has 6 nitrogen and oxygen atoms in total. The van der Waals surface area contributed by atoms with Crippen LogP contribution >= 0.6 is 11.6 Å². The van der Waals surface area contributed by atoms with Crippen LogP contribution in [0.1, 0.15) is 25.8 Å². The Morgan fingerprint density at radius 2 is 2.13 bits per heavy atom. The van der Waals surface area contributed by atoms with Crippen molar-refractivity contribution >= 4 is 29.1 Å². The van der Waals surface area contributed by atoms with Gasteiger partial charge in [0.15, 0.2) is 5.75 Å². The molecule has 4 rings (SSSR count). The molecule has 1 saturated heterocycles. The first-order valence-electron chi connectivity index (χ1n) is 10.4. The monoisotopic (exact) mass is 427 g/mol. The smallest absolute Gasteiger partial charge is 0.310 e. The quantitative estimate of drug-likeness (QED) is 0.733. The summed E-state index contributed by atoms with van der Waals surface area (Å²) in [6.45, 7) is 6.43. The van der Waals surface area contributed by atoms with Crippen molar-refractivity contribution in [2.75, 3.05) is 26.2 Å². The highest BCUT2D eigenvalue weighted by Crippen LogP contribution is 2.39. The van der Waals surface area contributed by atoms with Gasteiger partial charge in [-0.15, -0.1) is 0 Å². The molecule has 1 fully saturated rings. The number of hydrogen-bond acceptors (Lipinski definition) is 6. The van der Waals surface area contributed by atoms with E-state index in [0.29, 0.717) is 29.6 Å². The number of halogens is 1. The molecule has 158 valence electrons. The molecule has 2 aliphatic heterocycles. The number of amidine groups is 1. The van der Waals surface area contributed by atoms with Crippen LogP contribution in [-0.2, 0) is 9.53 Å². The second kappa shape index (κ2) is 9.06. The molecule has 0 aromatic heterocycles. The molecule has 2 aliphatic rings. The molecular formula is C23H26ClN3O3. The summed E-state index contributed by atoms with van der Waals surface area (Å²) in [7, 11) is 0. The topological polar surface area (TPSA) is 63.2 Å². The highest BCUT2D eigenvalue weighted by molar-refractivity contribution is 6.31. The fourth-order valence-electron chi connectivity index (χ4n) is 4.04. The summed E-state index contributed by atoms with van der Waals surface area (Å²) in [6.07, 6.45) is 0.717. The number of para-hydroxylation sites is 1. The molecule has 0 bridgehead atoms. The maximum Gasteiger partial charge on any atom is 0.310 e. The number of hydrogen-bond donors (Lipinski definition) is 1. The van der Waals surface area contributed by atoms with E-state index in [1.165, 1.54) is 0 Å². The molecule has 7 heteroatoms. The Hall–Kier alpha value is -2.57. The average molecular weight is 428 g/mol. The van der Waals surface area contributed by atoms with Crippen molar-refractivity contribution in [2.45, 2.75) is 26.3 Å². The van der Waals surface area contributed by atoms with Crippen molar-refractivity contribution in [3.8, 4) is 11.5 Å². The number of aliphatic imine (C=N–C) groups is 1. The molecule has 2 aromatic carbocycles. The minimum absolute atomic E-state index is 0.0133. The van der Waals surface area contributed by atoms with Crippen molar-refractivity contribution < 1.29 is 14.3 Å². The van der Waals surface area contributed by atoms with Gasteiger partial charge in [-0.1, -0.05) is 30.7 Å². The lowest BCUT2D eigenvalue weighted by atomic mass is 9.94. The van der Waals surface area contributed by atoms with Crippen molar-refractivity contribution in [1.82, 2.24) is 10.2 Å². The summed E-state index contributed by atoms with van der Waals surface area (Å²) >= 11 is 6.22. The lowest BCUT2D eigenvalue weighted by molar-refractivity contribution is -0.149. The summed E-state index contributed by atoms with van der Waals surface area (Å²) in [4.78, 5) is 19.6. The molecule has 30 heavy (non-hydrogen) atoms. The molecule has 0 radical (unpaired) electrons. The first-order chi connectivity index (χ1) is 14.6. The number of ether oxygens (including phenoxy) is 2. The van der Waals surface area contributed by atoms with Crippen LogP contribution in [0.3, 0.4) is 0 Å². The maximum atomic E-state index is 12.5. The zero-order valence-corrected chi connectivity index (χ0v) is 18.0. The SMILES string of the molecule is CCOC(=O)[C@H](CC)[C@H]1CN(C2=Nc3cc(Cl)ccc3Oc3ccccc32)CCN1. The minimum atomic E-state index is -0.202. The van der Waals surface area contributed by atoms with Crippen LogP contribution in [0.2, 0.25) is 5.02 Å². The van der Waals surface area contributed by atoms with Gasteiger partial charge < -0.3 is 19.7 Å². The van der Waals surface area contributed by atoms with E-state index in [1.807, 2.05) is 50.2 Å². The van der Waals surface area contributed by atoms with Gasteiger partial charge in [-0.05, 0) is 43.7 Å². The highest BCUT2D eigenvalue weighted by atomic mass is 35.5. The minimum Gasteiger partial charge on any atom is -0.466 e. The van der Waals surface area contributed by atoms with E-state index in [2.05, 4.69) is 10.2 Å². The van der Waals surface area contributed by atoms with Gasteiger partial charge in [-0.25, -0.2) is 4.99 Å². The highest BCUT2D eigenvalue weighted by Gasteiger charge is 2.34. The molecule has 2 aromatic rings. The lowest BCUT2D eigenvalue weighted by Crippen LogP contribution is -2.56. The first kappa shape index (κ1) is 20.7. The number of esters is 1. The predicted molar refractivity (Wildman–Crippen MR) is 118 cm³/mol. The van der Waals surface area contributed by atoms with Gasteiger partial charge in [0, 0.05) is 30.7 Å². The number of nitrogens with zero attached hydrogens (tertiary/aromatic N) is 2. The largest absolute Gasteiger partial charge is 0.466 e. The van der Waals surface area contributed by atoms with Gasteiger partial charge in [0.1, 0.15) is 17.3 Å². The Bertz CT molecular complexity index is 962. The zero-order valence-electron chi connectivity index (χ0n) is 17.2. The van der Waals surface area contributed by atoms with Crippen LogP contribution in [0.4, 0.5) is 5.69 Å². The van der Waals surface area contributed by atoms with Gasteiger partial charge in [0.05, 0.1) is 18.1 Å². The molecule has 0 saturated carbocycles. The van der Waals surface area contributed by atoms with Crippen molar-refractivity contribution in [2.24, 2.45) is 10.9 Å². The summed E-state index contributed by atoms with van der Waals surface area (Å²) in [5.74, 6) is 1.91. The molecular weight excluding hydrogens is 402 g/mol. The van der Waals surface area contributed by atoms with Crippen molar-refractivity contribution in [1.29, 1.82) is 0 Å². The van der Waals surface area contributed by atoms with E-state index >= 15 is 0 Å². The zero-order chi connectivity index (χ0) is 21.1. The Kier molecular flexibility index (Phi) is 6.25. The fraction of sp³-hybridized carbons (Fsp3) is 0.391. The summed E-state index contributed by atoms with van der Waals surface area (Å²) in [5.41, 5.74) is 1.62. The van der Waals surface area contributed by atoms with Crippen LogP contribution in [0.15, 0.2) is 47.5 Å². The summed E-state index contributed by atoms with van der Waals surface area (Å²) < 4.78 is 11.5. The van der Waals surface area contributed by atoms with Crippen LogP contribution in [-0.4, -0.2) is 49.0 Å². The Labute approximate surface area is 181 Å². The van der Waals surface area contributed by atoms with E-state index in [-0.39, 0.29) is 17.9 Å². The van der Waals surface area contributed by atoms with Crippen molar-refractivity contribution in [3.63, 3.8) is 0 Å². The summed E-state index contributed by atoms with van der Waals surface area (Å²) in [5, 5.41) is 4.11. The Morgan fingerprint density at radius 3 is 2.93 bits per heavy atom. The molecule has 0 unspecified atom stereocenters. The predicted octanol–water partition coefficient (Wildman–Crippen LogP) is 4.39. The fourth-order valence-corrected chi connectivity index (χ4v) is 4.21. The number of nitrogens with one attached hydrogen (secondary N) is 1. The standard InChI is InChI=1S/C23H26ClN3O3/c1-3-16(23(28)29-4-2)19-14-27(12-11-25-19)22-17-7-5-6-8-20(17)30-21-10-9-15(24)13-18(21)26-22/h5-10,13,16,19,25H,3-4,11-12,14H2,1-2H3/t16-,19-/m1/s1. The van der Waals surface area contributed by atoms with Gasteiger partial charge in [-0.3, -0.25) is 4.79 Å². The van der Waals surface area contributed by atoms with E-state index in [4.69, 9.17) is 26.1 Å². The van der Waals surface area contributed by atoms with E-state index < -0.39 is 0 Å². The molecule has 0 spiro atoms. The van der Waals surface area contributed by atoms with E-state index in [0.717, 1.165) is 36.7 Å². The van der Waals surface area contributed by atoms with Gasteiger partial charge >= 0.3 is 5.97 Å². The van der Waals surface area contributed by atoms with Crippen molar-refractivity contribution in [3.05, 3.63) is 53.1 Å². The average Bonchev–Trinajstić information content (AvgIpc) is 2.91. The number of benzene rings is 2. The number of carbonyl (C=O) groups is 1. The second-order valence-electron chi connectivity index (χ2n) is 7.42. The molecule has 1 N–H and O–H groups in total. The third-order valence-corrected chi connectivity index (χ3v) is 5.75. The van der Waals surface area contributed by atoms with Crippen LogP contribution in [0.5, 0.6) is 11.5 Å². The molecule has 2 atom stereocenters. The number of rotatable bonds is 4. The molecule has 0 aliphatic carbocycles. The van der Waals surface area contributed by atoms with Gasteiger partial charge in [0.2, 0.25) is 0 Å². The normalized spacial score (nSPS) is 19.0. The number of carbonyl (C=O) groups excluding carboxylic acids is 1. The van der Waals surface area contributed by atoms with E-state index in [9.17, 15) is 4.79 Å². The van der Waals surface area contributed by atoms with Crippen LogP contribution in [0.25, 0.3) is 0 Å². The second-order valence-corrected chi connectivity index (χ2v) is 7.86. The Balaban J connectivity index is 1.69. The Morgan fingerprint density at radius 1 is 1.30 bits per heavy atom. The number of piperazine rings is 1.